The molecule has 9 fully saturated rings. The molecule has 716 valence electrons. The summed E-state index contributed by atoms with van der Waals surface area (Å²) < 4.78 is 96.7. The standard InChI is InChI=1S/C58H94O25.C38H42N2O6/c1-23-44(80-47-40(69)34(63)27(60)21-74-47)38(67)42(71)48(76-23)79-33-13-14-55(7)30(54(33,5)6)12-15-56(8)31(55)11-10-25-26-18-53(3,4)16-17-58(26,32(62)19-57(25,56)9)52(73)83-51-46(35(64)28(61)22-75-51)82-49-43(72)39(68)45(24(2)77-49)81-50-41(70)37(66)36(65)29(20-59)78-50;1-39-15-13-25-20-32(42-4)34-22-28(25)29(39)17-23-7-10-27(11-8-23)45-33-19-24(9-12-31(33)41-3)18-30-36-26(14-16-40(30)2)21-35(43-5)37(44-6)38(36)46-34/h10,23-24,26-51,59-72H,11-22H2,1-9H3;7-12,19-22,29-30H,13-18H2,1-6H3. The van der Waals surface area contributed by atoms with Gasteiger partial charge in [0.1, 0.15) is 103 Å². The molecule has 4 aromatic carbocycles. The average Bonchev–Trinajstić information content (AvgIpc) is 0.668. The summed E-state index contributed by atoms with van der Waals surface area (Å²) in [6, 6.07) is 21.2. The fourth-order valence-electron chi connectivity index (χ4n) is 24.8. The maximum atomic E-state index is 15.4. The van der Waals surface area contributed by atoms with Gasteiger partial charge in [0.05, 0.1) is 72.7 Å². The number of hydrogen-bond donors (Lipinski definition) is 14. The van der Waals surface area contributed by atoms with Crippen molar-refractivity contribution in [1.29, 1.82) is 0 Å². The Labute approximate surface area is 753 Å². The topological polar surface area (TPSA) is 454 Å². The molecule has 0 spiro atoms. The third kappa shape index (κ3) is 17.1. The summed E-state index contributed by atoms with van der Waals surface area (Å²) in [5.74, 6) is 4.41. The number of benzene rings is 4. The molecule has 0 radical (unpaired) electrons. The number of ether oxygens (including phenoxy) is 16. The van der Waals surface area contributed by atoms with E-state index in [1.807, 2.05) is 18.2 Å². The van der Waals surface area contributed by atoms with E-state index in [1.165, 1.54) is 29.2 Å². The lowest BCUT2D eigenvalue weighted by molar-refractivity contribution is -0.374. The number of fused-ring (bicyclic) bond motifs is 9. The number of allylic oxidation sites excluding steroid dienone is 2. The van der Waals surface area contributed by atoms with Crippen LogP contribution in [0.1, 0.15) is 166 Å². The van der Waals surface area contributed by atoms with Gasteiger partial charge in [0.25, 0.3) is 0 Å². The molecule has 18 rings (SSSR count). The van der Waals surface area contributed by atoms with Crippen molar-refractivity contribution in [1.82, 2.24) is 9.80 Å². The highest BCUT2D eigenvalue weighted by molar-refractivity contribution is 5.80. The average molecular weight is 1810 g/mol. The highest BCUT2D eigenvalue weighted by Gasteiger charge is 2.73. The fourth-order valence-corrected chi connectivity index (χ4v) is 24.8. The molecule has 14 aliphatic rings. The van der Waals surface area contributed by atoms with Crippen LogP contribution in [0.2, 0.25) is 0 Å². The van der Waals surface area contributed by atoms with E-state index < -0.39 is 195 Å². The number of carbonyl (C=O) groups excluding carboxylic acids is 1. The lowest BCUT2D eigenvalue weighted by Crippen LogP contribution is -2.68. The van der Waals surface area contributed by atoms with Gasteiger partial charge < -0.3 is 147 Å². The van der Waals surface area contributed by atoms with Gasteiger partial charge in [-0.1, -0.05) is 78.3 Å². The number of aliphatic hydroxyl groups excluding tert-OH is 14. The summed E-state index contributed by atoms with van der Waals surface area (Å²) in [7, 11) is 11.1. The third-order valence-corrected chi connectivity index (χ3v) is 32.5. The zero-order chi connectivity index (χ0) is 92.5. The van der Waals surface area contributed by atoms with E-state index in [1.54, 1.807) is 35.4 Å². The van der Waals surface area contributed by atoms with Crippen LogP contribution in [-0.4, -0.2) is 316 Å². The largest absolute Gasteiger partial charge is 0.493 e. The summed E-state index contributed by atoms with van der Waals surface area (Å²) in [5.41, 5.74) is 4.88. The van der Waals surface area contributed by atoms with E-state index in [0.29, 0.717) is 65.9 Å². The van der Waals surface area contributed by atoms with Gasteiger partial charge in [0, 0.05) is 30.7 Å². The van der Waals surface area contributed by atoms with Crippen LogP contribution in [0.15, 0.2) is 72.3 Å². The second kappa shape index (κ2) is 37.2. The first-order chi connectivity index (χ1) is 61.2. The van der Waals surface area contributed by atoms with Gasteiger partial charge >= 0.3 is 5.97 Å². The van der Waals surface area contributed by atoms with E-state index in [0.717, 1.165) is 80.5 Å². The molecule has 9 aliphatic heterocycles. The number of esters is 1. The van der Waals surface area contributed by atoms with Crippen molar-refractivity contribution in [2.24, 2.45) is 50.2 Å². The van der Waals surface area contributed by atoms with E-state index in [9.17, 15) is 71.5 Å². The Balaban J connectivity index is 0.000000222. The fraction of sp³-hybridized carbons (Fsp3) is 0.719. The minimum atomic E-state index is -1.93. The number of methoxy groups -OCH3 is 4. The Bertz CT molecular complexity index is 4650. The first-order valence-corrected chi connectivity index (χ1v) is 45.9. The quantitative estimate of drug-likeness (QED) is 0.0410. The summed E-state index contributed by atoms with van der Waals surface area (Å²) >= 11 is 0. The van der Waals surface area contributed by atoms with Crippen LogP contribution in [0.4, 0.5) is 0 Å². The van der Waals surface area contributed by atoms with E-state index in [2.05, 4.69) is 121 Å². The minimum Gasteiger partial charge on any atom is -0.493 e. The van der Waals surface area contributed by atoms with Crippen molar-refractivity contribution in [2.45, 2.75) is 311 Å². The molecule has 14 N–H and O–H groups in total. The van der Waals surface area contributed by atoms with Gasteiger partial charge in [-0.15, -0.1) is 0 Å². The molecule has 5 aliphatic carbocycles. The SMILES string of the molecule is CC1OC(OC2CCC3(C)C(CCC4(C)C3CC=C3C5CC(C)(C)CCC5(C(=O)OC5OCC(O)C(O)C5OC5OC(C)C(OC6OC(CO)C(O)C(O)C6O)C(O)C5O)C(O)CC34C)C2(C)C)C(O)C(O)C1OC1OCC(O)C(O)C1O.COc1ccc2cc1Oc1ccc(cc1)CC1c3cc(c(OC)cc3CCN1C)Oc1c(OC)c(OC)cc3c1C(C2)N(C)CC3. The predicted molar refractivity (Wildman–Crippen MR) is 460 cm³/mol. The third-order valence-electron chi connectivity index (χ3n) is 32.5. The van der Waals surface area contributed by atoms with Crippen molar-refractivity contribution < 1.29 is 152 Å². The highest BCUT2D eigenvalue weighted by Crippen LogP contribution is 2.76. The number of hydrogen-bond acceptors (Lipinski definition) is 33. The lowest BCUT2D eigenvalue weighted by Gasteiger charge is -2.71. The second-order valence-electron chi connectivity index (χ2n) is 40.7. The van der Waals surface area contributed by atoms with Gasteiger partial charge in [0.2, 0.25) is 12.0 Å². The Morgan fingerprint density at radius 1 is 0.519 bits per heavy atom. The lowest BCUT2D eigenvalue weighted by atomic mass is 9.33. The number of likely N-dealkylation sites (N-methyl/N-ethyl adjacent to an activating group) is 2. The van der Waals surface area contributed by atoms with Crippen molar-refractivity contribution in [3.05, 3.63) is 106 Å². The molecule has 9 heterocycles. The molecule has 33 nitrogen and oxygen atoms in total. The Morgan fingerprint density at radius 3 is 1.75 bits per heavy atom. The highest BCUT2D eigenvalue weighted by atomic mass is 16.8. The molecule has 6 bridgehead atoms. The van der Waals surface area contributed by atoms with Gasteiger partial charge in [-0.25, -0.2) is 0 Å². The van der Waals surface area contributed by atoms with Crippen molar-refractivity contribution in [3.8, 4) is 46.0 Å². The van der Waals surface area contributed by atoms with Gasteiger partial charge in [-0.3, -0.25) is 14.6 Å². The second-order valence-corrected chi connectivity index (χ2v) is 40.7. The van der Waals surface area contributed by atoms with Crippen LogP contribution in [0.25, 0.3) is 0 Å². The molecule has 4 saturated carbocycles. The van der Waals surface area contributed by atoms with E-state index >= 15 is 4.79 Å². The van der Waals surface area contributed by atoms with E-state index in [4.69, 9.17) is 75.8 Å². The maximum absolute atomic E-state index is 15.4. The number of aliphatic hydroxyl groups is 14. The van der Waals surface area contributed by atoms with Gasteiger partial charge in [-0.05, 0) is 227 Å². The van der Waals surface area contributed by atoms with Crippen LogP contribution in [0.5, 0.6) is 46.0 Å². The molecule has 33 heteroatoms. The molecule has 5 saturated heterocycles. The number of nitrogens with zero attached hydrogens (tertiary/aromatic N) is 2. The Kier molecular flexibility index (Phi) is 27.7. The Hall–Kier alpha value is -6.11. The van der Waals surface area contributed by atoms with Gasteiger partial charge in [-0.2, -0.15) is 0 Å². The zero-order valence-electron chi connectivity index (χ0n) is 76.5. The van der Waals surface area contributed by atoms with Crippen LogP contribution in [-0.2, 0) is 77.8 Å². The van der Waals surface area contributed by atoms with Crippen LogP contribution in [0.3, 0.4) is 0 Å². The molecule has 4 aromatic rings. The van der Waals surface area contributed by atoms with Crippen molar-refractivity contribution in [2.75, 3.05) is 75.4 Å². The molecular formula is C96H136N2O31. The molecular weight excluding hydrogens is 1680 g/mol. The van der Waals surface area contributed by atoms with Crippen molar-refractivity contribution in [3.63, 3.8) is 0 Å². The predicted octanol–water partition coefficient (Wildman–Crippen LogP) is 5.26. The van der Waals surface area contributed by atoms with Crippen LogP contribution >= 0.6 is 0 Å². The van der Waals surface area contributed by atoms with Gasteiger partial charge in [0.15, 0.2) is 65.8 Å². The summed E-state index contributed by atoms with van der Waals surface area (Å²) in [4.78, 5) is 20.2. The molecule has 34 unspecified atom stereocenters. The van der Waals surface area contributed by atoms with Crippen LogP contribution < -0.4 is 28.4 Å². The Morgan fingerprint density at radius 2 is 1.09 bits per heavy atom. The zero-order valence-corrected chi connectivity index (χ0v) is 76.5. The molecule has 0 amide bonds. The number of rotatable bonds is 15. The first-order valence-electron chi connectivity index (χ1n) is 45.9. The van der Waals surface area contributed by atoms with E-state index in [-0.39, 0.29) is 59.6 Å². The number of carbonyl (C=O) groups is 1. The van der Waals surface area contributed by atoms with Crippen molar-refractivity contribution >= 4 is 5.97 Å². The molecule has 0 aromatic heterocycles. The van der Waals surface area contributed by atoms with Crippen LogP contribution in [0, 0.1) is 50.2 Å². The minimum absolute atomic E-state index is 0.000437. The molecule has 34 atom stereocenters. The monoisotopic (exact) mass is 1810 g/mol. The normalized spacial score (nSPS) is 42.3. The summed E-state index contributed by atoms with van der Waals surface area (Å²) in [5, 5.41) is 152. The molecule has 129 heavy (non-hydrogen) atoms. The summed E-state index contributed by atoms with van der Waals surface area (Å²) in [6.45, 7) is 19.1. The smallest absolute Gasteiger partial charge is 0.317 e. The summed E-state index contributed by atoms with van der Waals surface area (Å²) in [6.07, 6.45) is -25.9. The maximum Gasteiger partial charge on any atom is 0.317 e. The first kappa shape index (κ1) is 96.0.